The number of benzene rings is 2. The van der Waals surface area contributed by atoms with Crippen molar-refractivity contribution in [1.29, 1.82) is 0 Å². The summed E-state index contributed by atoms with van der Waals surface area (Å²) in [4.78, 5) is 13.5. The predicted octanol–water partition coefficient (Wildman–Crippen LogP) is 1.36. The van der Waals surface area contributed by atoms with Gasteiger partial charge in [-0.2, -0.15) is 0 Å². The van der Waals surface area contributed by atoms with Gasteiger partial charge in [-0.25, -0.2) is 0 Å². The van der Waals surface area contributed by atoms with E-state index in [1.165, 1.54) is 78.5 Å². The van der Waals surface area contributed by atoms with Gasteiger partial charge in [-0.15, -0.1) is 0 Å². The molecule has 1 N–H and O–H groups in total. The van der Waals surface area contributed by atoms with Gasteiger partial charge in [0.1, 0.15) is 0 Å². The largest absolute Gasteiger partial charge is 1.00 e. The van der Waals surface area contributed by atoms with E-state index in [-0.39, 0.29) is 24.8 Å². The third kappa shape index (κ3) is 10.4. The number of halogens is 2. The van der Waals surface area contributed by atoms with E-state index in [0.717, 1.165) is 6.42 Å². The maximum Gasteiger partial charge on any atom is -1.00 e. The van der Waals surface area contributed by atoms with Gasteiger partial charge in [0.25, 0.3) is 0 Å². The molecule has 1 atom stereocenters. The second-order valence-electron chi connectivity index (χ2n) is 10.9. The monoisotopic (exact) mass is 752 g/mol. The first-order valence-corrected chi connectivity index (χ1v) is 26.2. The molecule has 3 rings (SSSR count). The number of hydrogen-bond acceptors (Lipinski definition) is 1. The SMILES string of the molecule is CCCCCCCCCCCC(=O)[NH][Hf+2]([C]1=C(C)C(C)=C(C)C1C)[SiH](c1ccccc1)c1ccccc1.[Cl-].[Cl-]. The molecule has 1 amide bonds. The number of nitrogens with one attached hydrogen (secondary N) is 1. The fourth-order valence-electron chi connectivity index (χ4n) is 5.72. The second kappa shape index (κ2) is 19.2. The van der Waals surface area contributed by atoms with Crippen LogP contribution in [0.2, 0.25) is 0 Å². The quantitative estimate of drug-likeness (QED) is 0.217. The normalized spacial score (nSPS) is 14.8. The van der Waals surface area contributed by atoms with Crippen molar-refractivity contribution < 1.29 is 50.5 Å². The first-order chi connectivity index (χ1) is 18.0. The molecule has 1 aliphatic rings. The molecule has 2 aromatic rings. The zero-order valence-corrected chi connectivity index (χ0v) is 30.9. The van der Waals surface area contributed by atoms with Crippen molar-refractivity contribution in [1.82, 2.24) is 3.30 Å². The minimum Gasteiger partial charge on any atom is -1.00 e. The van der Waals surface area contributed by atoms with Gasteiger partial charge in [-0.3, -0.25) is 0 Å². The van der Waals surface area contributed by atoms with E-state index in [4.69, 9.17) is 0 Å². The van der Waals surface area contributed by atoms with Crippen LogP contribution in [0, 0.1) is 5.92 Å². The molecule has 6 heteroatoms. The van der Waals surface area contributed by atoms with E-state index in [2.05, 4.69) is 98.6 Å². The van der Waals surface area contributed by atoms with Crippen LogP contribution in [0.3, 0.4) is 0 Å². The van der Waals surface area contributed by atoms with E-state index in [0.29, 0.717) is 18.2 Å². The second-order valence-corrected chi connectivity index (χ2v) is 29.8. The van der Waals surface area contributed by atoms with Crippen LogP contribution in [0.4, 0.5) is 0 Å². The Balaban J connectivity index is 0.00000380. The molecule has 0 aromatic heterocycles. The predicted molar refractivity (Wildman–Crippen MR) is 160 cm³/mol. The van der Waals surface area contributed by atoms with Crippen LogP contribution in [0.15, 0.2) is 80.7 Å². The van der Waals surface area contributed by atoms with Crippen LogP contribution in [0.1, 0.15) is 98.8 Å². The molecule has 1 unspecified atom stereocenters. The van der Waals surface area contributed by atoms with E-state index in [9.17, 15) is 4.79 Å². The summed E-state index contributed by atoms with van der Waals surface area (Å²) in [6.45, 7) is 11.5. The molecular weight excluding hydrogens is 704 g/mol. The van der Waals surface area contributed by atoms with Crippen molar-refractivity contribution in [3.8, 4) is 0 Å². The van der Waals surface area contributed by atoms with E-state index in [1.54, 1.807) is 3.33 Å². The van der Waals surface area contributed by atoms with Crippen LogP contribution in [-0.4, -0.2) is 11.9 Å². The molecule has 0 bridgehead atoms. The minimum atomic E-state index is -2.81. The summed E-state index contributed by atoms with van der Waals surface area (Å²) >= 11 is -2.81. The first-order valence-electron chi connectivity index (χ1n) is 14.6. The molecule has 39 heavy (non-hydrogen) atoms. The molecule has 213 valence electrons. The number of amides is 1. The van der Waals surface area contributed by atoms with Gasteiger partial charge in [-0.1, -0.05) is 6.92 Å². The Morgan fingerprint density at radius 1 is 0.744 bits per heavy atom. The number of hydrogen-bond donors (Lipinski definition) is 1. The molecule has 0 heterocycles. The minimum absolute atomic E-state index is 0. The van der Waals surface area contributed by atoms with Gasteiger partial charge >= 0.3 is 230 Å². The number of rotatable bonds is 15. The summed E-state index contributed by atoms with van der Waals surface area (Å²) in [6, 6.07) is 22.2. The molecule has 2 nitrogen and oxygen atoms in total. The van der Waals surface area contributed by atoms with Crippen molar-refractivity contribution in [2.45, 2.75) is 98.8 Å². The van der Waals surface area contributed by atoms with Gasteiger partial charge in [0.05, 0.1) is 0 Å². The van der Waals surface area contributed by atoms with Crippen LogP contribution in [0.5, 0.6) is 0 Å². The van der Waals surface area contributed by atoms with E-state index >= 15 is 0 Å². The molecule has 0 aliphatic heterocycles. The summed E-state index contributed by atoms with van der Waals surface area (Å²) in [5.41, 5.74) is 4.42. The molecule has 0 saturated carbocycles. The van der Waals surface area contributed by atoms with Crippen LogP contribution >= 0.6 is 0 Å². The van der Waals surface area contributed by atoms with Gasteiger partial charge < -0.3 is 24.8 Å². The summed E-state index contributed by atoms with van der Waals surface area (Å²) in [6.07, 6.45) is 12.2. The molecule has 0 spiro atoms. The number of carbonyl (C=O) groups is 1. The zero-order chi connectivity index (χ0) is 26.6. The molecule has 0 fully saturated rings. The Hall–Kier alpha value is -0.943. The van der Waals surface area contributed by atoms with E-state index < -0.39 is 26.9 Å². The van der Waals surface area contributed by atoms with Crippen molar-refractivity contribution in [3.05, 3.63) is 80.7 Å². The number of unbranched alkanes of at least 4 members (excludes halogenated alkanes) is 8. The Kier molecular flexibility index (Phi) is 17.8. The standard InChI is InChI=1S/C12H25NO.C12H11Si.C9H13.2ClH.Hf/c1-2-3-4-5-6-7-8-9-10-11-12(13)14;1-3-7-11(8-4-1)13-12-9-5-2-6-10-12;1-6-5-7(2)9(4)8(6)3;;;/h2-11H2,1H3,(H2,13,14);1-10,13H;6H,1-4H3;2*1H;/q;;;;;+3/p-3. The van der Waals surface area contributed by atoms with Crippen molar-refractivity contribution in [2.75, 3.05) is 0 Å². The first kappa shape index (κ1) is 36.1. The Morgan fingerprint density at radius 2 is 1.21 bits per heavy atom. The third-order valence-corrected chi connectivity index (χ3v) is 35.0. The number of allylic oxidation sites excluding steroid dienone is 4. The average molecular weight is 752 g/mol. The van der Waals surface area contributed by atoms with Crippen molar-refractivity contribution >= 4 is 22.3 Å². The van der Waals surface area contributed by atoms with E-state index in [1.807, 2.05) is 0 Å². The van der Waals surface area contributed by atoms with Gasteiger partial charge in [0.2, 0.25) is 0 Å². The molecule has 0 radical (unpaired) electrons. The molecule has 0 saturated heterocycles. The fourth-order valence-corrected chi connectivity index (χ4v) is 36.4. The van der Waals surface area contributed by atoms with Gasteiger partial charge in [-0.05, 0) is 0 Å². The maximum absolute atomic E-state index is 13.5. The molecule has 2 aromatic carbocycles. The Labute approximate surface area is 259 Å². The van der Waals surface area contributed by atoms with Gasteiger partial charge in [0, 0.05) is 0 Å². The van der Waals surface area contributed by atoms with Crippen molar-refractivity contribution in [2.24, 2.45) is 5.92 Å². The summed E-state index contributed by atoms with van der Waals surface area (Å²) in [7, 11) is 0. The Morgan fingerprint density at radius 3 is 1.64 bits per heavy atom. The zero-order valence-electron chi connectivity index (χ0n) is 24.7. The summed E-state index contributed by atoms with van der Waals surface area (Å²) in [5.74, 6) is -0.811. The smallest absolute Gasteiger partial charge is 1.00 e. The molecule has 1 aliphatic carbocycles. The summed E-state index contributed by atoms with van der Waals surface area (Å²) < 4.78 is 5.48. The third-order valence-electron chi connectivity index (χ3n) is 8.27. The van der Waals surface area contributed by atoms with Crippen LogP contribution in [0.25, 0.3) is 0 Å². The van der Waals surface area contributed by atoms with Crippen LogP contribution in [-0.2, 0) is 25.7 Å². The van der Waals surface area contributed by atoms with Crippen LogP contribution < -0.4 is 38.5 Å². The fraction of sp³-hybridized carbons (Fsp3) is 0.485. The van der Waals surface area contributed by atoms with Gasteiger partial charge in [0.15, 0.2) is 0 Å². The number of carbonyl (C=O) groups excluding carboxylic acids is 1. The van der Waals surface area contributed by atoms with Crippen molar-refractivity contribution in [3.63, 3.8) is 0 Å². The topological polar surface area (TPSA) is 29.1 Å². The maximum atomic E-state index is 13.5. The summed E-state index contributed by atoms with van der Waals surface area (Å²) in [5, 5.41) is 2.96. The average Bonchev–Trinajstić information content (AvgIpc) is 3.10. The Bertz CT molecular complexity index is 1020. The molecular formula is C33H48Cl2HfNOSi.